The Morgan fingerprint density at radius 1 is 1.32 bits per heavy atom. The van der Waals surface area contributed by atoms with Crippen LogP contribution in [0.2, 0.25) is 0 Å². The Bertz CT molecular complexity index is 627. The van der Waals surface area contributed by atoms with Gasteiger partial charge in [0.25, 0.3) is 0 Å². The monoisotopic (exact) mass is 344 g/mol. The van der Waals surface area contributed by atoms with Crippen molar-refractivity contribution >= 4 is 0 Å². The third kappa shape index (κ3) is 5.06. The average Bonchev–Trinajstić information content (AvgIpc) is 3.25. The molecule has 1 aromatic heterocycles. The van der Waals surface area contributed by atoms with Gasteiger partial charge in [0.1, 0.15) is 5.75 Å². The van der Waals surface area contributed by atoms with E-state index in [1.165, 1.54) is 5.56 Å². The van der Waals surface area contributed by atoms with Crippen molar-refractivity contribution in [2.24, 2.45) is 0 Å². The van der Waals surface area contributed by atoms with E-state index in [0.29, 0.717) is 6.61 Å². The van der Waals surface area contributed by atoms with Crippen LogP contribution >= 0.6 is 0 Å². The van der Waals surface area contributed by atoms with E-state index in [4.69, 9.17) is 14.2 Å². The Morgan fingerprint density at radius 2 is 2.16 bits per heavy atom. The molecule has 3 rings (SSSR count). The van der Waals surface area contributed by atoms with Crippen molar-refractivity contribution in [3.05, 3.63) is 48.5 Å². The van der Waals surface area contributed by atoms with Crippen molar-refractivity contribution < 1.29 is 14.2 Å². The number of ether oxygens (including phenoxy) is 3. The van der Waals surface area contributed by atoms with E-state index in [2.05, 4.69) is 35.5 Å². The lowest BCUT2D eigenvalue weighted by molar-refractivity contribution is -0.171. The maximum Gasteiger partial charge on any atom is 0.174 e. The molecule has 0 amide bonds. The Hall–Kier alpha value is -1.85. The normalized spacial score (nSPS) is 23.0. The molecule has 1 fully saturated rings. The van der Waals surface area contributed by atoms with Gasteiger partial charge in [-0.15, -0.1) is 0 Å². The van der Waals surface area contributed by atoms with Gasteiger partial charge in [0.2, 0.25) is 0 Å². The molecule has 2 atom stereocenters. The minimum atomic E-state index is -0.561. The molecule has 2 unspecified atom stereocenters. The summed E-state index contributed by atoms with van der Waals surface area (Å²) in [6.45, 7) is 6.46. The average molecular weight is 344 g/mol. The molecule has 1 aromatic carbocycles. The van der Waals surface area contributed by atoms with Gasteiger partial charge < -0.3 is 18.8 Å². The van der Waals surface area contributed by atoms with E-state index < -0.39 is 5.79 Å². The second-order valence-electron chi connectivity index (χ2n) is 6.72. The highest BCUT2D eigenvalue weighted by molar-refractivity contribution is 5.28. The summed E-state index contributed by atoms with van der Waals surface area (Å²) in [5.41, 5.74) is 1.20. The summed E-state index contributed by atoms with van der Waals surface area (Å²) in [7, 11) is 0. The molecule has 0 bridgehead atoms. The predicted octanol–water partition coefficient (Wildman–Crippen LogP) is 3.83. The molecule has 5 nitrogen and oxygen atoms in total. The van der Waals surface area contributed by atoms with E-state index in [1.807, 2.05) is 24.7 Å². The zero-order valence-corrected chi connectivity index (χ0v) is 15.2. The van der Waals surface area contributed by atoms with Crippen LogP contribution in [-0.4, -0.2) is 34.7 Å². The van der Waals surface area contributed by atoms with E-state index >= 15 is 0 Å². The number of imidazole rings is 1. The first-order valence-corrected chi connectivity index (χ1v) is 9.18. The van der Waals surface area contributed by atoms with Crippen molar-refractivity contribution in [2.45, 2.75) is 58.0 Å². The fraction of sp³-hybridized carbons (Fsp3) is 0.550. The first-order chi connectivity index (χ1) is 12.2. The summed E-state index contributed by atoms with van der Waals surface area (Å²) in [6, 6.07) is 8.28. The number of aryl methyl sites for hydroxylation is 1. The van der Waals surface area contributed by atoms with Gasteiger partial charge in [-0.25, -0.2) is 4.98 Å². The molecule has 1 aliphatic rings. The van der Waals surface area contributed by atoms with Crippen LogP contribution in [0.4, 0.5) is 0 Å². The molecule has 2 heterocycles. The molecule has 1 aliphatic heterocycles. The first kappa shape index (κ1) is 18.0. The maximum atomic E-state index is 6.17. The quantitative estimate of drug-likeness (QED) is 0.649. The molecule has 0 N–H and O–H groups in total. The van der Waals surface area contributed by atoms with Gasteiger partial charge in [0.05, 0.1) is 25.6 Å². The maximum absolute atomic E-state index is 6.17. The minimum absolute atomic E-state index is 0.124. The molecular formula is C20H28N2O3. The summed E-state index contributed by atoms with van der Waals surface area (Å²) >= 11 is 0. The van der Waals surface area contributed by atoms with Crippen LogP contribution < -0.4 is 4.74 Å². The fourth-order valence-electron chi connectivity index (χ4n) is 3.08. The zero-order valence-electron chi connectivity index (χ0n) is 15.2. The number of unbranched alkanes of at least 4 members (excludes halogenated alkanes) is 1. The van der Waals surface area contributed by atoms with Crippen molar-refractivity contribution in [1.29, 1.82) is 0 Å². The van der Waals surface area contributed by atoms with Crippen molar-refractivity contribution in [1.82, 2.24) is 9.55 Å². The highest BCUT2D eigenvalue weighted by Gasteiger charge is 2.39. The summed E-state index contributed by atoms with van der Waals surface area (Å²) in [6.07, 6.45) is 9.47. The fourth-order valence-corrected chi connectivity index (χ4v) is 3.08. The van der Waals surface area contributed by atoms with E-state index in [9.17, 15) is 0 Å². The smallest absolute Gasteiger partial charge is 0.174 e. The van der Waals surface area contributed by atoms with Crippen LogP contribution in [0.15, 0.2) is 43.0 Å². The Balaban J connectivity index is 1.61. The molecule has 0 aliphatic carbocycles. The Kier molecular flexibility index (Phi) is 6.10. The highest BCUT2D eigenvalue weighted by atomic mass is 16.7. The summed E-state index contributed by atoms with van der Waals surface area (Å²) < 4.78 is 20.0. The van der Waals surface area contributed by atoms with E-state index in [1.54, 1.807) is 6.20 Å². The summed E-state index contributed by atoms with van der Waals surface area (Å²) in [4.78, 5) is 4.10. The molecular weight excluding hydrogens is 316 g/mol. The van der Waals surface area contributed by atoms with Gasteiger partial charge in [-0.3, -0.25) is 0 Å². The molecule has 2 aromatic rings. The van der Waals surface area contributed by atoms with E-state index in [-0.39, 0.29) is 6.10 Å². The molecule has 25 heavy (non-hydrogen) atoms. The molecule has 0 spiro atoms. The van der Waals surface area contributed by atoms with Crippen LogP contribution in [0.3, 0.4) is 0 Å². The lowest BCUT2D eigenvalue weighted by atomic mass is 10.0. The van der Waals surface area contributed by atoms with E-state index in [0.717, 1.165) is 44.6 Å². The summed E-state index contributed by atoms with van der Waals surface area (Å²) in [5, 5.41) is 0. The Labute approximate surface area is 149 Å². The highest BCUT2D eigenvalue weighted by Crippen LogP contribution is 2.32. The molecule has 1 saturated heterocycles. The minimum Gasteiger partial charge on any atom is -0.494 e. The van der Waals surface area contributed by atoms with Gasteiger partial charge >= 0.3 is 0 Å². The largest absolute Gasteiger partial charge is 0.494 e. The van der Waals surface area contributed by atoms with Crippen LogP contribution in [0, 0.1) is 0 Å². The number of nitrogens with zero attached hydrogens (tertiary/aromatic N) is 2. The number of aromatic nitrogens is 2. The molecule has 136 valence electrons. The Morgan fingerprint density at radius 3 is 2.80 bits per heavy atom. The number of rotatable bonds is 9. The second-order valence-corrected chi connectivity index (χ2v) is 6.72. The van der Waals surface area contributed by atoms with Gasteiger partial charge in [0.15, 0.2) is 5.79 Å². The summed E-state index contributed by atoms with van der Waals surface area (Å²) in [5.74, 6) is 0.361. The standard InChI is InChI=1S/C20H28N2O3/c1-3-4-13-23-19-7-5-18(6-8-19)14-20(24-15-17(2)25-20)9-11-22-12-10-21-16-22/h5-8,10,12,16-17H,3-4,9,11,13-15H2,1-2H3. The van der Waals surface area contributed by atoms with Gasteiger partial charge in [0, 0.05) is 31.8 Å². The predicted molar refractivity (Wildman–Crippen MR) is 96.6 cm³/mol. The number of hydrogen-bond acceptors (Lipinski definition) is 4. The van der Waals surface area contributed by atoms with Crippen LogP contribution in [0.25, 0.3) is 0 Å². The third-order valence-corrected chi connectivity index (χ3v) is 4.47. The topological polar surface area (TPSA) is 45.5 Å². The van der Waals surface area contributed by atoms with Crippen molar-refractivity contribution in [3.63, 3.8) is 0 Å². The molecule has 5 heteroatoms. The van der Waals surface area contributed by atoms with Crippen LogP contribution in [0.1, 0.15) is 38.7 Å². The van der Waals surface area contributed by atoms with Gasteiger partial charge in [-0.1, -0.05) is 25.5 Å². The lowest BCUT2D eigenvalue weighted by Crippen LogP contribution is -2.35. The SMILES string of the molecule is CCCCOc1ccc(CC2(CCn3ccnc3)OCC(C)O2)cc1. The third-order valence-electron chi connectivity index (χ3n) is 4.47. The number of benzene rings is 1. The van der Waals surface area contributed by atoms with Crippen LogP contribution in [0.5, 0.6) is 5.75 Å². The second kappa shape index (κ2) is 8.50. The van der Waals surface area contributed by atoms with Crippen LogP contribution in [-0.2, 0) is 22.4 Å². The van der Waals surface area contributed by atoms with Crippen molar-refractivity contribution in [3.8, 4) is 5.75 Å². The zero-order chi connectivity index (χ0) is 17.5. The van der Waals surface area contributed by atoms with Gasteiger partial charge in [-0.2, -0.15) is 0 Å². The number of hydrogen-bond donors (Lipinski definition) is 0. The first-order valence-electron chi connectivity index (χ1n) is 9.18. The lowest BCUT2D eigenvalue weighted by Gasteiger charge is -2.28. The molecule has 0 saturated carbocycles. The molecule has 0 radical (unpaired) electrons. The van der Waals surface area contributed by atoms with Gasteiger partial charge in [-0.05, 0) is 31.0 Å². The van der Waals surface area contributed by atoms with Crippen molar-refractivity contribution in [2.75, 3.05) is 13.2 Å².